The molecule has 1 N–H and O–H groups in total. The fraction of sp³-hybridized carbons (Fsp3) is 0.500. The van der Waals surface area contributed by atoms with Gasteiger partial charge >= 0.3 is 12.2 Å². The lowest BCUT2D eigenvalue weighted by molar-refractivity contribution is -0.155. The van der Waals surface area contributed by atoms with Crippen molar-refractivity contribution in [1.82, 2.24) is 29.5 Å². The van der Waals surface area contributed by atoms with E-state index in [2.05, 4.69) is 32.3 Å². The molecule has 4 heterocycles. The third-order valence-corrected chi connectivity index (χ3v) is 7.02. The number of carbonyl (C=O) groups is 1. The van der Waals surface area contributed by atoms with E-state index in [0.717, 1.165) is 19.3 Å². The number of carbonyl (C=O) groups excluding carboxylic acids is 1. The summed E-state index contributed by atoms with van der Waals surface area (Å²) in [7, 11) is 1.62. The Labute approximate surface area is 193 Å². The van der Waals surface area contributed by atoms with Crippen molar-refractivity contribution in [1.29, 1.82) is 0 Å². The molecule has 4 atom stereocenters. The number of amides is 2. The van der Waals surface area contributed by atoms with E-state index in [-0.39, 0.29) is 29.2 Å². The maximum absolute atomic E-state index is 13.7. The van der Waals surface area contributed by atoms with Gasteiger partial charge < -0.3 is 9.64 Å². The summed E-state index contributed by atoms with van der Waals surface area (Å²) < 4.78 is 48.1. The lowest BCUT2D eigenvalue weighted by Crippen LogP contribution is -2.76. The second kappa shape index (κ2) is 7.90. The summed E-state index contributed by atoms with van der Waals surface area (Å²) in [5, 5.41) is 6.66. The van der Waals surface area contributed by atoms with E-state index in [1.807, 2.05) is 6.92 Å². The molecule has 2 bridgehead atoms. The summed E-state index contributed by atoms with van der Waals surface area (Å²) in [5.74, 6) is 0.459. The van der Waals surface area contributed by atoms with E-state index in [1.165, 1.54) is 29.3 Å². The van der Waals surface area contributed by atoms with Gasteiger partial charge in [0.25, 0.3) is 0 Å². The van der Waals surface area contributed by atoms with E-state index in [1.54, 1.807) is 12.0 Å². The molecule has 0 aromatic carbocycles. The molecule has 180 valence electrons. The quantitative estimate of drug-likeness (QED) is 0.612. The molecule has 1 saturated heterocycles. The van der Waals surface area contributed by atoms with E-state index < -0.39 is 23.3 Å². The van der Waals surface area contributed by atoms with Crippen LogP contribution in [0.3, 0.4) is 0 Å². The number of likely N-dealkylation sites (tertiary alicyclic amines) is 1. The van der Waals surface area contributed by atoms with Crippen molar-refractivity contribution in [2.45, 2.75) is 57.0 Å². The van der Waals surface area contributed by atoms with E-state index in [4.69, 9.17) is 4.74 Å². The van der Waals surface area contributed by atoms with Crippen LogP contribution < -0.4 is 5.32 Å². The van der Waals surface area contributed by atoms with Crippen molar-refractivity contribution in [3.05, 3.63) is 36.5 Å². The minimum absolute atomic E-state index is 0.00623. The average Bonchev–Trinajstić information content (AvgIpc) is 3.25. The van der Waals surface area contributed by atoms with Gasteiger partial charge in [-0.05, 0) is 38.2 Å². The van der Waals surface area contributed by atoms with Crippen LogP contribution in [-0.2, 0) is 10.9 Å². The molecule has 3 aromatic rings. The monoisotopic (exact) mass is 475 g/mol. The molecular formula is C22H24F3N7O2. The van der Waals surface area contributed by atoms with Crippen LogP contribution in [0.1, 0.15) is 38.7 Å². The van der Waals surface area contributed by atoms with Crippen LogP contribution in [0.5, 0.6) is 0 Å². The lowest BCUT2D eigenvalue weighted by Gasteiger charge is -2.65. The molecule has 5 rings (SSSR count). The Bertz CT molecular complexity index is 1250. The topological polar surface area (TPSA) is 97.5 Å². The molecule has 9 nitrogen and oxygen atoms in total. The highest BCUT2D eigenvalue weighted by molar-refractivity contribution is 5.91. The molecule has 1 aliphatic carbocycles. The van der Waals surface area contributed by atoms with Gasteiger partial charge in [0.1, 0.15) is 12.1 Å². The largest absolute Gasteiger partial charge is 0.418 e. The van der Waals surface area contributed by atoms with Gasteiger partial charge in [-0.1, -0.05) is 6.92 Å². The van der Waals surface area contributed by atoms with Crippen molar-refractivity contribution in [3.63, 3.8) is 0 Å². The van der Waals surface area contributed by atoms with Crippen LogP contribution in [0, 0.1) is 5.92 Å². The Morgan fingerprint density at radius 2 is 2.06 bits per heavy atom. The fourth-order valence-corrected chi connectivity index (χ4v) is 5.48. The van der Waals surface area contributed by atoms with Crippen molar-refractivity contribution >= 4 is 17.5 Å². The predicted molar refractivity (Wildman–Crippen MR) is 116 cm³/mol. The Morgan fingerprint density at radius 3 is 2.79 bits per heavy atom. The molecular weight excluding hydrogens is 451 g/mol. The zero-order valence-corrected chi connectivity index (χ0v) is 18.9. The molecule has 34 heavy (non-hydrogen) atoms. The summed E-state index contributed by atoms with van der Waals surface area (Å²) >= 11 is 0. The van der Waals surface area contributed by atoms with Gasteiger partial charge in [-0.25, -0.2) is 19.3 Å². The van der Waals surface area contributed by atoms with Crippen LogP contribution in [0.25, 0.3) is 16.9 Å². The number of hydrogen-bond acceptors (Lipinski definition) is 6. The molecule has 2 amide bonds. The maximum Gasteiger partial charge on any atom is 0.418 e. The summed E-state index contributed by atoms with van der Waals surface area (Å²) in [5.41, 5.74) is -1.18. The van der Waals surface area contributed by atoms with E-state index in [9.17, 15) is 18.0 Å². The number of pyridine rings is 1. The number of rotatable bonds is 4. The third-order valence-electron chi connectivity index (χ3n) is 7.02. The van der Waals surface area contributed by atoms with Crippen molar-refractivity contribution in [2.24, 2.45) is 5.92 Å². The van der Waals surface area contributed by atoms with Crippen LogP contribution in [0.4, 0.5) is 23.8 Å². The number of aromatic nitrogens is 5. The summed E-state index contributed by atoms with van der Waals surface area (Å²) in [4.78, 5) is 27.0. The van der Waals surface area contributed by atoms with Crippen LogP contribution >= 0.6 is 0 Å². The number of piperidine rings is 1. The number of hydrogen-bond donors (Lipinski definition) is 1. The molecule has 12 heteroatoms. The Balaban J connectivity index is 1.48. The van der Waals surface area contributed by atoms with Gasteiger partial charge in [0.2, 0.25) is 0 Å². The first-order chi connectivity index (χ1) is 16.1. The molecule has 2 aliphatic rings. The van der Waals surface area contributed by atoms with Crippen LogP contribution in [-0.4, -0.2) is 60.3 Å². The number of anilines is 1. The van der Waals surface area contributed by atoms with Crippen LogP contribution in [0.15, 0.2) is 31.0 Å². The van der Waals surface area contributed by atoms with Gasteiger partial charge in [-0.2, -0.15) is 18.3 Å². The number of halogens is 3. The molecule has 0 unspecified atom stereocenters. The lowest BCUT2D eigenvalue weighted by atomic mass is 9.62. The first-order valence-electron chi connectivity index (χ1n) is 11.0. The van der Waals surface area contributed by atoms with Gasteiger partial charge in [0.05, 0.1) is 35.3 Å². The highest BCUT2D eigenvalue weighted by atomic mass is 19.4. The number of fused-ring (bicyclic) bond motifs is 3. The highest BCUT2D eigenvalue weighted by Crippen LogP contribution is 2.52. The second-order valence-electron chi connectivity index (χ2n) is 9.13. The number of methoxy groups -OCH3 is 1. The first kappa shape index (κ1) is 22.5. The SMILES string of the molecule is CO[C@@H](C)[C@@]12C[C@H](C)C[C@@H](C1)N2C(=O)Nc1cc(-c2cn3ncnc3cn2)c(C(F)(F)F)cn1. The Hall–Kier alpha value is -3.28. The Kier molecular flexibility index (Phi) is 5.23. The number of urea groups is 1. The normalized spacial score (nSPS) is 25.2. The molecule has 0 radical (unpaired) electrons. The van der Waals surface area contributed by atoms with Crippen molar-refractivity contribution in [2.75, 3.05) is 12.4 Å². The fourth-order valence-electron chi connectivity index (χ4n) is 5.48. The number of alkyl halides is 3. The van der Waals surface area contributed by atoms with E-state index in [0.29, 0.717) is 17.8 Å². The van der Waals surface area contributed by atoms with Gasteiger partial charge in [-0.3, -0.25) is 10.3 Å². The predicted octanol–water partition coefficient (Wildman–Crippen LogP) is 4.01. The smallest absolute Gasteiger partial charge is 0.379 e. The van der Waals surface area contributed by atoms with Gasteiger partial charge in [-0.15, -0.1) is 0 Å². The van der Waals surface area contributed by atoms with Gasteiger partial charge in [0, 0.05) is 24.9 Å². The first-order valence-corrected chi connectivity index (χ1v) is 11.0. The summed E-state index contributed by atoms with van der Waals surface area (Å²) in [6.07, 6.45) is 2.37. The van der Waals surface area contributed by atoms with E-state index >= 15 is 0 Å². The molecule has 0 spiro atoms. The zero-order chi connectivity index (χ0) is 24.3. The Morgan fingerprint density at radius 1 is 1.26 bits per heavy atom. The molecule has 2 fully saturated rings. The molecule has 3 aromatic heterocycles. The number of ether oxygens (including phenoxy) is 1. The number of nitrogens with one attached hydrogen (secondary N) is 1. The summed E-state index contributed by atoms with van der Waals surface area (Å²) in [6.45, 7) is 4.09. The van der Waals surface area contributed by atoms with Crippen LogP contribution in [0.2, 0.25) is 0 Å². The maximum atomic E-state index is 13.7. The minimum Gasteiger partial charge on any atom is -0.379 e. The molecule has 1 aliphatic heterocycles. The number of nitrogens with zero attached hydrogens (tertiary/aromatic N) is 6. The minimum atomic E-state index is -4.66. The van der Waals surface area contributed by atoms with Crippen molar-refractivity contribution in [3.8, 4) is 11.3 Å². The third kappa shape index (κ3) is 3.56. The standard InChI is InChI=1S/C22H24F3N7O2/c1-12-4-14-7-21(6-12,13(2)34-3)32(14)20(33)30-18-5-15(16(8-27-18)22(23,24)25)17-10-31-19(9-26-17)28-11-29-31/h5,8-14H,4,6-7H2,1-3H3,(H,27,30,33)/t12-,13+,14+,21-/m1/s1. The molecule has 1 saturated carbocycles. The summed E-state index contributed by atoms with van der Waals surface area (Å²) in [6, 6.07) is 0.854. The highest BCUT2D eigenvalue weighted by Gasteiger charge is 2.61. The zero-order valence-electron chi connectivity index (χ0n) is 18.9. The average molecular weight is 475 g/mol. The van der Waals surface area contributed by atoms with Gasteiger partial charge in [0.15, 0.2) is 5.65 Å². The van der Waals surface area contributed by atoms with Crippen molar-refractivity contribution < 1.29 is 22.7 Å². The second-order valence-corrected chi connectivity index (χ2v) is 9.13.